The zero-order valence-electron chi connectivity index (χ0n) is 10.3. The summed E-state index contributed by atoms with van der Waals surface area (Å²) in [5.41, 5.74) is 7.11. The van der Waals surface area contributed by atoms with Crippen molar-refractivity contribution in [2.75, 3.05) is 11.5 Å². The smallest absolute Gasteiger partial charge is 0.233 e. The summed E-state index contributed by atoms with van der Waals surface area (Å²) in [6.07, 6.45) is 0. The molecule has 3 N–H and O–H groups in total. The minimum Gasteiger partial charge on any atom is -0.398 e. The number of benzene rings is 1. The maximum atomic E-state index is 12.0. The van der Waals surface area contributed by atoms with E-state index in [4.69, 9.17) is 5.73 Å². The van der Waals surface area contributed by atoms with E-state index in [0.29, 0.717) is 10.6 Å². The first-order chi connectivity index (χ1) is 7.91. The number of rotatable bonds is 4. The molecule has 0 fully saturated rings. The maximum Gasteiger partial charge on any atom is 0.233 e. The molecule has 0 aliphatic heterocycles. The van der Waals surface area contributed by atoms with E-state index >= 15 is 0 Å². The fourth-order valence-corrected chi connectivity index (χ4v) is 2.61. The van der Waals surface area contributed by atoms with Gasteiger partial charge in [-0.15, -0.1) is 0 Å². The van der Waals surface area contributed by atoms with Crippen LogP contribution in [0.15, 0.2) is 23.1 Å². The number of hydrogen-bond donors (Lipinski definition) is 2. The number of carbonyl (C=O) groups is 1. The van der Waals surface area contributed by atoms with Gasteiger partial charge in [0.2, 0.25) is 5.91 Å². The van der Waals surface area contributed by atoms with Crippen molar-refractivity contribution in [3.8, 4) is 0 Å². The average Bonchev–Trinajstić information content (AvgIpc) is 2.20. The summed E-state index contributed by atoms with van der Waals surface area (Å²) < 4.78 is 12.0. The summed E-state index contributed by atoms with van der Waals surface area (Å²) in [5, 5.41) is 2.71. The molecular weight excluding hydrogens is 236 g/mol. The zero-order valence-corrected chi connectivity index (χ0v) is 11.1. The molecule has 17 heavy (non-hydrogen) atoms. The molecule has 0 spiro atoms. The Morgan fingerprint density at radius 1 is 1.47 bits per heavy atom. The number of anilines is 1. The van der Waals surface area contributed by atoms with Crippen molar-refractivity contribution in [3.05, 3.63) is 23.8 Å². The molecule has 0 aromatic heterocycles. The highest BCUT2D eigenvalue weighted by molar-refractivity contribution is 7.85. The molecule has 0 aliphatic rings. The first kappa shape index (κ1) is 13.7. The molecule has 1 atom stereocenters. The molecule has 1 aromatic carbocycles. The molecule has 0 radical (unpaired) electrons. The van der Waals surface area contributed by atoms with Gasteiger partial charge in [-0.25, -0.2) is 0 Å². The predicted octanol–water partition coefficient (Wildman–Crippen LogP) is 1.21. The van der Waals surface area contributed by atoms with Gasteiger partial charge in [0.25, 0.3) is 0 Å². The van der Waals surface area contributed by atoms with Gasteiger partial charge < -0.3 is 11.1 Å². The minimum atomic E-state index is -1.34. The van der Waals surface area contributed by atoms with Gasteiger partial charge in [0.1, 0.15) is 5.75 Å². The lowest BCUT2D eigenvalue weighted by atomic mass is 10.2. The van der Waals surface area contributed by atoms with E-state index < -0.39 is 10.8 Å². The van der Waals surface area contributed by atoms with Crippen molar-refractivity contribution in [2.24, 2.45) is 0 Å². The van der Waals surface area contributed by atoms with Crippen LogP contribution in [0.1, 0.15) is 19.4 Å². The van der Waals surface area contributed by atoms with Crippen LogP contribution in [0, 0.1) is 6.92 Å². The van der Waals surface area contributed by atoms with E-state index in [1.165, 1.54) is 0 Å². The Labute approximate surface area is 104 Å². The van der Waals surface area contributed by atoms with Gasteiger partial charge >= 0.3 is 0 Å². The van der Waals surface area contributed by atoms with Crippen LogP contribution in [0.3, 0.4) is 0 Å². The van der Waals surface area contributed by atoms with E-state index in [2.05, 4.69) is 5.32 Å². The number of hydrogen-bond acceptors (Lipinski definition) is 3. The molecule has 1 unspecified atom stereocenters. The normalized spacial score (nSPS) is 12.5. The van der Waals surface area contributed by atoms with E-state index in [1.807, 2.05) is 20.8 Å². The second kappa shape index (κ2) is 5.82. The molecule has 94 valence electrons. The molecule has 0 saturated carbocycles. The first-order valence-electron chi connectivity index (χ1n) is 5.44. The number of carbonyl (C=O) groups excluding carboxylic acids is 1. The van der Waals surface area contributed by atoms with Crippen molar-refractivity contribution < 1.29 is 9.00 Å². The van der Waals surface area contributed by atoms with Crippen LogP contribution >= 0.6 is 0 Å². The summed E-state index contributed by atoms with van der Waals surface area (Å²) in [4.78, 5) is 12.1. The Balaban J connectivity index is 2.77. The highest BCUT2D eigenvalue weighted by Crippen LogP contribution is 2.18. The fraction of sp³-hybridized carbons (Fsp3) is 0.417. The van der Waals surface area contributed by atoms with Crippen LogP contribution in [-0.4, -0.2) is 21.9 Å². The molecular formula is C12H18N2O2S. The first-order valence-corrected chi connectivity index (χ1v) is 6.76. The number of amides is 1. The Bertz CT molecular complexity index is 444. The van der Waals surface area contributed by atoms with Crippen molar-refractivity contribution in [2.45, 2.75) is 31.7 Å². The lowest BCUT2D eigenvalue weighted by Crippen LogP contribution is -2.33. The molecule has 0 aliphatic carbocycles. The van der Waals surface area contributed by atoms with Crippen LogP contribution in [0.4, 0.5) is 5.69 Å². The van der Waals surface area contributed by atoms with E-state index in [1.54, 1.807) is 18.2 Å². The van der Waals surface area contributed by atoms with Crippen LogP contribution in [-0.2, 0) is 15.6 Å². The molecule has 1 amide bonds. The Morgan fingerprint density at radius 2 is 2.12 bits per heavy atom. The summed E-state index contributed by atoms with van der Waals surface area (Å²) in [6.45, 7) is 5.54. The molecule has 4 nitrogen and oxygen atoms in total. The topological polar surface area (TPSA) is 72.2 Å². The monoisotopic (exact) mass is 254 g/mol. The minimum absolute atomic E-state index is 0.0253. The van der Waals surface area contributed by atoms with Gasteiger partial charge in [-0.05, 0) is 38.5 Å². The van der Waals surface area contributed by atoms with Gasteiger partial charge in [0.05, 0.1) is 10.8 Å². The lowest BCUT2D eigenvalue weighted by molar-refractivity contribution is -0.119. The highest BCUT2D eigenvalue weighted by Gasteiger charge is 2.13. The standard InChI is InChI=1S/C12H18N2O2S/c1-8(2)14-12(15)7-17(16)11-6-4-5-10(13)9(11)3/h4-6,8H,7,13H2,1-3H3,(H,14,15). The second-order valence-electron chi connectivity index (χ2n) is 4.18. The Morgan fingerprint density at radius 3 is 2.71 bits per heavy atom. The molecule has 0 heterocycles. The number of nitrogens with one attached hydrogen (secondary N) is 1. The molecule has 0 saturated heterocycles. The van der Waals surface area contributed by atoms with Gasteiger partial charge in [-0.3, -0.25) is 9.00 Å². The van der Waals surface area contributed by atoms with E-state index in [0.717, 1.165) is 5.56 Å². The van der Waals surface area contributed by atoms with Crippen molar-refractivity contribution in [1.82, 2.24) is 5.32 Å². The van der Waals surface area contributed by atoms with Crippen LogP contribution in [0.25, 0.3) is 0 Å². The largest absolute Gasteiger partial charge is 0.398 e. The molecule has 0 bridgehead atoms. The Kier molecular flexibility index (Phi) is 4.69. The van der Waals surface area contributed by atoms with Crippen LogP contribution < -0.4 is 11.1 Å². The zero-order chi connectivity index (χ0) is 13.0. The summed E-state index contributed by atoms with van der Waals surface area (Å²) in [6, 6.07) is 5.30. The van der Waals surface area contributed by atoms with Gasteiger partial charge in [-0.1, -0.05) is 6.07 Å². The van der Waals surface area contributed by atoms with Crippen molar-refractivity contribution in [3.63, 3.8) is 0 Å². The van der Waals surface area contributed by atoms with Gasteiger partial charge in [-0.2, -0.15) is 0 Å². The molecule has 1 rings (SSSR count). The third-order valence-electron chi connectivity index (χ3n) is 2.28. The highest BCUT2D eigenvalue weighted by atomic mass is 32.2. The average molecular weight is 254 g/mol. The number of nitrogen functional groups attached to an aromatic ring is 1. The lowest BCUT2D eigenvalue weighted by Gasteiger charge is -2.10. The summed E-state index contributed by atoms with van der Waals surface area (Å²) in [7, 11) is -1.34. The van der Waals surface area contributed by atoms with Gasteiger partial charge in [0.15, 0.2) is 0 Å². The predicted molar refractivity (Wildman–Crippen MR) is 70.1 cm³/mol. The van der Waals surface area contributed by atoms with Crippen LogP contribution in [0.5, 0.6) is 0 Å². The molecule has 5 heteroatoms. The summed E-state index contributed by atoms with van der Waals surface area (Å²) in [5.74, 6) is -0.234. The fourth-order valence-electron chi connectivity index (χ4n) is 1.44. The maximum absolute atomic E-state index is 12.0. The van der Waals surface area contributed by atoms with E-state index in [9.17, 15) is 9.00 Å². The SMILES string of the molecule is Cc1c(N)cccc1S(=O)CC(=O)NC(C)C. The number of nitrogens with two attached hydrogens (primary N) is 1. The third-order valence-corrected chi connectivity index (χ3v) is 3.74. The quantitative estimate of drug-likeness (QED) is 0.793. The third kappa shape index (κ3) is 3.85. The molecule has 1 aromatic rings. The van der Waals surface area contributed by atoms with E-state index in [-0.39, 0.29) is 17.7 Å². The second-order valence-corrected chi connectivity index (χ2v) is 5.60. The van der Waals surface area contributed by atoms with Crippen molar-refractivity contribution >= 4 is 22.4 Å². The Hall–Kier alpha value is -1.36. The van der Waals surface area contributed by atoms with Gasteiger partial charge in [0, 0.05) is 16.6 Å². The summed E-state index contributed by atoms with van der Waals surface area (Å²) >= 11 is 0. The van der Waals surface area contributed by atoms with Crippen LogP contribution in [0.2, 0.25) is 0 Å². The van der Waals surface area contributed by atoms with Crippen molar-refractivity contribution in [1.29, 1.82) is 0 Å².